The highest BCUT2D eigenvalue weighted by molar-refractivity contribution is 5.09. The molecular formula is C10H18N2O2. The van der Waals surface area contributed by atoms with Gasteiger partial charge < -0.3 is 15.3 Å². The summed E-state index contributed by atoms with van der Waals surface area (Å²) < 4.78 is 5.09. The molecule has 2 atom stereocenters. The van der Waals surface area contributed by atoms with E-state index in [-0.39, 0.29) is 6.04 Å². The minimum atomic E-state index is -0.750. The highest BCUT2D eigenvalue weighted by Crippen LogP contribution is 2.22. The van der Waals surface area contributed by atoms with Gasteiger partial charge in [-0.3, -0.25) is 0 Å². The third kappa shape index (κ3) is 2.56. The molecule has 0 aliphatic carbocycles. The van der Waals surface area contributed by atoms with E-state index in [4.69, 9.17) is 10.2 Å². The zero-order valence-corrected chi connectivity index (χ0v) is 8.90. The van der Waals surface area contributed by atoms with Crippen LogP contribution in [0.1, 0.15) is 37.8 Å². The summed E-state index contributed by atoms with van der Waals surface area (Å²) in [5.41, 5.74) is 6.55. The van der Waals surface area contributed by atoms with Crippen LogP contribution in [0.4, 0.5) is 0 Å². The van der Waals surface area contributed by atoms with Gasteiger partial charge in [-0.05, 0) is 19.3 Å². The Kier molecular flexibility index (Phi) is 3.66. The first-order valence-electron chi connectivity index (χ1n) is 4.86. The molecule has 1 aromatic heterocycles. The Bertz CT molecular complexity index is 283. The number of nitrogens with two attached hydrogens (primary N) is 1. The fourth-order valence-corrected chi connectivity index (χ4v) is 1.46. The number of aliphatic hydroxyl groups excluding tert-OH is 1. The summed E-state index contributed by atoms with van der Waals surface area (Å²) in [5, 5.41) is 9.85. The lowest BCUT2D eigenvalue weighted by Crippen LogP contribution is -2.30. The molecule has 14 heavy (non-hydrogen) atoms. The van der Waals surface area contributed by atoms with Gasteiger partial charge in [0.1, 0.15) is 6.10 Å². The van der Waals surface area contributed by atoms with Crippen LogP contribution in [-0.2, 0) is 0 Å². The van der Waals surface area contributed by atoms with Gasteiger partial charge in [-0.1, -0.05) is 13.8 Å². The summed E-state index contributed by atoms with van der Waals surface area (Å²) in [6.45, 7) is 5.93. The van der Waals surface area contributed by atoms with E-state index in [9.17, 15) is 5.11 Å². The van der Waals surface area contributed by atoms with Crippen LogP contribution in [0.15, 0.2) is 10.8 Å². The first-order chi connectivity index (χ1) is 6.52. The maximum Gasteiger partial charge on any atom is 0.181 e. The van der Waals surface area contributed by atoms with Gasteiger partial charge in [-0.2, -0.15) is 0 Å². The highest BCUT2D eigenvalue weighted by atomic mass is 16.4. The fourth-order valence-electron chi connectivity index (χ4n) is 1.46. The minimum Gasteiger partial charge on any atom is -0.445 e. The fraction of sp³-hybridized carbons (Fsp3) is 0.700. The van der Waals surface area contributed by atoms with E-state index in [1.165, 1.54) is 6.39 Å². The molecule has 1 heterocycles. The van der Waals surface area contributed by atoms with Gasteiger partial charge in [0.15, 0.2) is 12.2 Å². The predicted molar refractivity (Wildman–Crippen MR) is 53.6 cm³/mol. The number of aromatic nitrogens is 1. The van der Waals surface area contributed by atoms with Gasteiger partial charge >= 0.3 is 0 Å². The number of hydrogen-bond donors (Lipinski definition) is 2. The van der Waals surface area contributed by atoms with Crippen LogP contribution in [0.25, 0.3) is 0 Å². The van der Waals surface area contributed by atoms with E-state index in [0.717, 1.165) is 6.42 Å². The van der Waals surface area contributed by atoms with Crippen LogP contribution >= 0.6 is 0 Å². The second-order valence-electron chi connectivity index (χ2n) is 4.04. The summed E-state index contributed by atoms with van der Waals surface area (Å²) >= 11 is 0. The van der Waals surface area contributed by atoms with Crippen molar-refractivity contribution >= 4 is 0 Å². The van der Waals surface area contributed by atoms with Crippen molar-refractivity contribution in [3.63, 3.8) is 0 Å². The molecule has 0 aliphatic heterocycles. The molecule has 0 amide bonds. The number of aryl methyl sites for hydroxylation is 1. The molecule has 1 rings (SSSR count). The maximum absolute atomic E-state index is 9.85. The monoisotopic (exact) mass is 198 g/mol. The number of aliphatic hydroxyl groups is 1. The Morgan fingerprint density at radius 1 is 1.57 bits per heavy atom. The Morgan fingerprint density at radius 3 is 2.64 bits per heavy atom. The quantitative estimate of drug-likeness (QED) is 0.766. The van der Waals surface area contributed by atoms with E-state index >= 15 is 0 Å². The van der Waals surface area contributed by atoms with Crippen LogP contribution in [0.5, 0.6) is 0 Å². The summed E-state index contributed by atoms with van der Waals surface area (Å²) in [5.74, 6) is 0.945. The number of oxazole rings is 1. The first-order valence-corrected chi connectivity index (χ1v) is 4.86. The lowest BCUT2D eigenvalue weighted by Gasteiger charge is -2.18. The van der Waals surface area contributed by atoms with Gasteiger partial charge in [0.25, 0.3) is 0 Å². The third-order valence-electron chi connectivity index (χ3n) is 2.20. The molecule has 0 bridgehead atoms. The standard InChI is InChI=1S/C10H18N2O2/c1-6(2)4-8(11)9(13)10-7(3)12-5-14-10/h5-6,8-9,13H,4,11H2,1-3H3. The molecule has 0 fully saturated rings. The van der Waals surface area contributed by atoms with Crippen molar-refractivity contribution in [1.29, 1.82) is 0 Å². The van der Waals surface area contributed by atoms with E-state index in [2.05, 4.69) is 18.8 Å². The highest BCUT2D eigenvalue weighted by Gasteiger charge is 2.22. The molecule has 4 nitrogen and oxygen atoms in total. The summed E-state index contributed by atoms with van der Waals surface area (Å²) in [6, 6.07) is -0.290. The average Bonchev–Trinajstić information content (AvgIpc) is 2.48. The molecule has 1 aromatic rings. The van der Waals surface area contributed by atoms with Crippen LogP contribution in [0.2, 0.25) is 0 Å². The maximum atomic E-state index is 9.85. The van der Waals surface area contributed by atoms with Gasteiger partial charge in [0, 0.05) is 6.04 Å². The Morgan fingerprint density at radius 2 is 2.21 bits per heavy atom. The second-order valence-corrected chi connectivity index (χ2v) is 4.04. The van der Waals surface area contributed by atoms with E-state index in [0.29, 0.717) is 17.4 Å². The number of rotatable bonds is 4. The average molecular weight is 198 g/mol. The first kappa shape index (κ1) is 11.2. The molecule has 0 aliphatic rings. The molecule has 0 aromatic carbocycles. The summed E-state index contributed by atoms with van der Waals surface area (Å²) in [4.78, 5) is 3.92. The van der Waals surface area contributed by atoms with Gasteiger partial charge in [-0.15, -0.1) is 0 Å². The lowest BCUT2D eigenvalue weighted by molar-refractivity contribution is 0.111. The summed E-state index contributed by atoms with van der Waals surface area (Å²) in [6.07, 6.45) is 1.34. The van der Waals surface area contributed by atoms with Crippen LogP contribution < -0.4 is 5.73 Å². The van der Waals surface area contributed by atoms with Crippen LogP contribution in [0.3, 0.4) is 0 Å². The lowest BCUT2D eigenvalue weighted by atomic mass is 9.98. The Balaban J connectivity index is 2.65. The molecule has 4 heteroatoms. The minimum absolute atomic E-state index is 0.290. The normalized spacial score (nSPS) is 15.9. The van der Waals surface area contributed by atoms with Gasteiger partial charge in [0.2, 0.25) is 0 Å². The summed E-state index contributed by atoms with van der Waals surface area (Å²) in [7, 11) is 0. The van der Waals surface area contributed by atoms with Gasteiger partial charge in [-0.25, -0.2) is 4.98 Å². The SMILES string of the molecule is Cc1ncoc1C(O)C(N)CC(C)C. The van der Waals surface area contributed by atoms with Crippen molar-refractivity contribution in [2.75, 3.05) is 0 Å². The Labute approximate surface area is 84.1 Å². The molecule has 0 saturated heterocycles. The molecule has 0 saturated carbocycles. The largest absolute Gasteiger partial charge is 0.445 e. The zero-order valence-electron chi connectivity index (χ0n) is 8.90. The topological polar surface area (TPSA) is 72.3 Å². The van der Waals surface area contributed by atoms with E-state index < -0.39 is 6.10 Å². The third-order valence-corrected chi connectivity index (χ3v) is 2.20. The molecular weight excluding hydrogens is 180 g/mol. The molecule has 80 valence electrons. The van der Waals surface area contributed by atoms with E-state index in [1.54, 1.807) is 6.92 Å². The molecule has 3 N–H and O–H groups in total. The Hall–Kier alpha value is -0.870. The van der Waals surface area contributed by atoms with Crippen molar-refractivity contribution in [3.05, 3.63) is 17.8 Å². The van der Waals surface area contributed by atoms with Gasteiger partial charge in [0.05, 0.1) is 5.69 Å². The number of hydrogen-bond acceptors (Lipinski definition) is 4. The van der Waals surface area contributed by atoms with Crippen LogP contribution in [0, 0.1) is 12.8 Å². The van der Waals surface area contributed by atoms with Crippen molar-refractivity contribution in [2.24, 2.45) is 11.7 Å². The second kappa shape index (κ2) is 4.57. The van der Waals surface area contributed by atoms with E-state index in [1.807, 2.05) is 0 Å². The molecule has 0 spiro atoms. The van der Waals surface area contributed by atoms with Crippen molar-refractivity contribution in [3.8, 4) is 0 Å². The van der Waals surface area contributed by atoms with Crippen molar-refractivity contribution in [2.45, 2.75) is 39.3 Å². The smallest absolute Gasteiger partial charge is 0.181 e. The van der Waals surface area contributed by atoms with Crippen molar-refractivity contribution < 1.29 is 9.52 Å². The molecule has 0 radical (unpaired) electrons. The molecule has 2 unspecified atom stereocenters. The number of nitrogens with zero attached hydrogens (tertiary/aromatic N) is 1. The zero-order chi connectivity index (χ0) is 10.7. The van der Waals surface area contributed by atoms with Crippen molar-refractivity contribution in [1.82, 2.24) is 4.98 Å². The predicted octanol–water partition coefficient (Wildman–Crippen LogP) is 1.39. The van der Waals surface area contributed by atoms with Crippen LogP contribution in [-0.4, -0.2) is 16.1 Å².